The van der Waals surface area contributed by atoms with Crippen LogP contribution in [0.1, 0.15) is 34.1 Å². The molecule has 0 saturated heterocycles. The van der Waals surface area contributed by atoms with Gasteiger partial charge in [-0.05, 0) is 26.6 Å². The highest BCUT2D eigenvalue weighted by Gasteiger charge is 1.80. The third-order valence-corrected chi connectivity index (χ3v) is 1.45. The summed E-state index contributed by atoms with van der Waals surface area (Å²) >= 11 is 0. The quantitative estimate of drug-likeness (QED) is 0.577. The van der Waals surface area contributed by atoms with E-state index in [1.54, 1.807) is 0 Å². The molecule has 0 bridgehead atoms. The van der Waals surface area contributed by atoms with Gasteiger partial charge in [0, 0.05) is 0 Å². The molecule has 0 aliphatic carbocycles. The van der Waals surface area contributed by atoms with Gasteiger partial charge in [0.2, 0.25) is 0 Å². The Labute approximate surface area is 66.4 Å². The molecular weight excluding hydrogens is 122 g/mol. The highest BCUT2D eigenvalue weighted by atomic mass is 15.0. The average Bonchev–Trinajstić information content (AvgIpc) is 1.89. The minimum atomic E-state index is 0.884. The lowest BCUT2D eigenvalue weighted by Crippen LogP contribution is -2.08. The van der Waals surface area contributed by atoms with E-state index in [-0.39, 0.29) is 0 Å². The second kappa shape index (κ2) is 8.96. The van der Waals surface area contributed by atoms with Crippen molar-refractivity contribution in [3.63, 3.8) is 0 Å². The first-order valence-corrected chi connectivity index (χ1v) is 4.19. The molecule has 0 aromatic heterocycles. The summed E-state index contributed by atoms with van der Waals surface area (Å²) in [7, 11) is 4.11. The van der Waals surface area contributed by atoms with Crippen LogP contribution < -0.4 is 0 Å². The molecule has 0 fully saturated rings. The van der Waals surface area contributed by atoms with Crippen LogP contribution >= 0.6 is 0 Å². The molecule has 0 atom stereocenters. The molecule has 0 aliphatic rings. The predicted octanol–water partition coefficient (Wildman–Crippen LogP) is 2.62. The fourth-order valence-electron chi connectivity index (χ4n) is 0. The van der Waals surface area contributed by atoms with Crippen LogP contribution in [0.4, 0.5) is 0 Å². The lowest BCUT2D eigenvalue weighted by atomic mass is 10.2. The third kappa shape index (κ3) is 24.6. The van der Waals surface area contributed by atoms with Crippen LogP contribution in [0, 0.1) is 5.92 Å². The lowest BCUT2D eigenvalue weighted by Gasteiger charge is -2.00. The first-order chi connectivity index (χ1) is 4.54. The molecule has 0 heterocycles. The van der Waals surface area contributed by atoms with Crippen molar-refractivity contribution in [2.75, 3.05) is 20.6 Å². The summed E-state index contributed by atoms with van der Waals surface area (Å²) in [4.78, 5) is 2.12. The topological polar surface area (TPSA) is 3.24 Å². The number of nitrogens with zero attached hydrogens (tertiary/aromatic N) is 1. The van der Waals surface area contributed by atoms with E-state index in [9.17, 15) is 0 Å². The summed E-state index contributed by atoms with van der Waals surface area (Å²) in [5, 5.41) is 0. The number of rotatable bonds is 2. The second-order valence-corrected chi connectivity index (χ2v) is 3.20. The van der Waals surface area contributed by atoms with Crippen LogP contribution in [-0.2, 0) is 0 Å². The summed E-state index contributed by atoms with van der Waals surface area (Å²) in [6.07, 6.45) is 1.31. The van der Waals surface area contributed by atoms with E-state index >= 15 is 0 Å². The molecule has 0 aliphatic heterocycles. The van der Waals surface area contributed by atoms with Crippen LogP contribution in [0.3, 0.4) is 0 Å². The standard InChI is InChI=1S/C5H12.C4H11N/c2*1-4-5(2)3/h5H,4H2,1-3H3;4H2,1-3H3. The normalized spacial score (nSPS) is 9.60. The zero-order chi connectivity index (χ0) is 8.57. The Balaban J connectivity index is 0. The van der Waals surface area contributed by atoms with Gasteiger partial charge in [-0.25, -0.2) is 0 Å². The van der Waals surface area contributed by atoms with Crippen molar-refractivity contribution in [3.8, 4) is 0 Å². The fourth-order valence-corrected chi connectivity index (χ4v) is 0. The highest BCUT2D eigenvalue weighted by molar-refractivity contribution is 4.32. The Kier molecular flexibility index (Phi) is 11.3. The van der Waals surface area contributed by atoms with E-state index in [2.05, 4.69) is 46.7 Å². The molecule has 0 radical (unpaired) electrons. The predicted molar refractivity (Wildman–Crippen MR) is 49.4 cm³/mol. The minimum absolute atomic E-state index is 0.884. The lowest BCUT2D eigenvalue weighted by molar-refractivity contribution is 0.434. The van der Waals surface area contributed by atoms with Crippen molar-refractivity contribution in [1.82, 2.24) is 4.90 Å². The van der Waals surface area contributed by atoms with Gasteiger partial charge < -0.3 is 4.90 Å². The maximum atomic E-state index is 2.22. The monoisotopic (exact) mass is 145 g/mol. The van der Waals surface area contributed by atoms with Gasteiger partial charge in [-0.3, -0.25) is 0 Å². The summed E-state index contributed by atoms with van der Waals surface area (Å²) in [5.41, 5.74) is 0. The van der Waals surface area contributed by atoms with Crippen LogP contribution in [0.5, 0.6) is 0 Å². The molecule has 64 valence electrons. The smallest absolute Gasteiger partial charge is 0.00533 e. The Morgan fingerprint density at radius 2 is 1.30 bits per heavy atom. The molecule has 0 N–H and O–H groups in total. The largest absolute Gasteiger partial charge is 0.310 e. The van der Waals surface area contributed by atoms with Gasteiger partial charge in [0.15, 0.2) is 0 Å². The van der Waals surface area contributed by atoms with Gasteiger partial charge >= 0.3 is 0 Å². The van der Waals surface area contributed by atoms with Gasteiger partial charge in [-0.1, -0.05) is 34.1 Å². The van der Waals surface area contributed by atoms with Crippen LogP contribution in [-0.4, -0.2) is 25.5 Å². The minimum Gasteiger partial charge on any atom is -0.310 e. The van der Waals surface area contributed by atoms with Gasteiger partial charge in [-0.2, -0.15) is 0 Å². The van der Waals surface area contributed by atoms with Crippen LogP contribution in [0.25, 0.3) is 0 Å². The Morgan fingerprint density at radius 1 is 1.10 bits per heavy atom. The number of hydrogen-bond acceptors (Lipinski definition) is 1. The van der Waals surface area contributed by atoms with Crippen LogP contribution in [0.2, 0.25) is 0 Å². The number of hydrogen-bond donors (Lipinski definition) is 0. The average molecular weight is 145 g/mol. The summed E-state index contributed by atoms with van der Waals surface area (Å²) < 4.78 is 0. The first-order valence-electron chi connectivity index (χ1n) is 4.19. The van der Waals surface area contributed by atoms with E-state index in [0.717, 1.165) is 12.5 Å². The molecule has 1 heteroatoms. The van der Waals surface area contributed by atoms with Crippen molar-refractivity contribution >= 4 is 0 Å². The van der Waals surface area contributed by atoms with Crippen molar-refractivity contribution in [2.45, 2.75) is 34.1 Å². The molecule has 1 nitrogen and oxygen atoms in total. The van der Waals surface area contributed by atoms with Gasteiger partial charge in [0.25, 0.3) is 0 Å². The van der Waals surface area contributed by atoms with E-state index in [4.69, 9.17) is 0 Å². The molecule has 0 saturated carbocycles. The summed E-state index contributed by atoms with van der Waals surface area (Å²) in [6.45, 7) is 9.91. The molecule has 0 aromatic carbocycles. The zero-order valence-corrected chi connectivity index (χ0v) is 8.44. The Morgan fingerprint density at radius 3 is 1.30 bits per heavy atom. The van der Waals surface area contributed by atoms with E-state index in [1.807, 2.05) is 0 Å². The fraction of sp³-hybridized carbons (Fsp3) is 1.00. The van der Waals surface area contributed by atoms with Gasteiger partial charge in [0.1, 0.15) is 0 Å². The maximum absolute atomic E-state index is 2.22. The van der Waals surface area contributed by atoms with Crippen molar-refractivity contribution in [1.29, 1.82) is 0 Å². The van der Waals surface area contributed by atoms with Crippen molar-refractivity contribution < 1.29 is 0 Å². The molecule has 10 heavy (non-hydrogen) atoms. The molecule has 0 aromatic rings. The molecule has 0 amide bonds. The molecule has 0 unspecified atom stereocenters. The van der Waals surface area contributed by atoms with Gasteiger partial charge in [-0.15, -0.1) is 0 Å². The summed E-state index contributed by atoms with van der Waals surface area (Å²) in [6, 6.07) is 0. The zero-order valence-electron chi connectivity index (χ0n) is 8.44. The van der Waals surface area contributed by atoms with E-state index in [1.165, 1.54) is 6.42 Å². The Hall–Kier alpha value is -0.0400. The van der Waals surface area contributed by atoms with E-state index in [0.29, 0.717) is 0 Å². The first kappa shape index (κ1) is 12.6. The highest BCUT2D eigenvalue weighted by Crippen LogP contribution is 1.93. The van der Waals surface area contributed by atoms with E-state index < -0.39 is 0 Å². The SMILES string of the molecule is CCC(C)C.CCN(C)C. The second-order valence-electron chi connectivity index (χ2n) is 3.20. The van der Waals surface area contributed by atoms with Crippen molar-refractivity contribution in [3.05, 3.63) is 0 Å². The van der Waals surface area contributed by atoms with Crippen LogP contribution in [0.15, 0.2) is 0 Å². The third-order valence-electron chi connectivity index (χ3n) is 1.45. The molecule has 0 rings (SSSR count). The summed E-state index contributed by atoms with van der Waals surface area (Å²) in [5.74, 6) is 0.884. The molecule has 0 spiro atoms. The van der Waals surface area contributed by atoms with Gasteiger partial charge in [0.05, 0.1) is 0 Å². The van der Waals surface area contributed by atoms with Crippen molar-refractivity contribution in [2.24, 2.45) is 5.92 Å². The Bertz CT molecular complexity index is 40.7. The molecular formula is C9H23N. The maximum Gasteiger partial charge on any atom is -0.00533 e.